The molecule has 3 aromatic rings. The quantitative estimate of drug-likeness (QED) is 0.541. The summed E-state index contributed by atoms with van der Waals surface area (Å²) in [5.41, 5.74) is 7.41. The topological polar surface area (TPSA) is 75.9 Å². The van der Waals surface area contributed by atoms with E-state index in [0.29, 0.717) is 18.1 Å². The van der Waals surface area contributed by atoms with Crippen molar-refractivity contribution in [3.63, 3.8) is 0 Å². The number of aryl methyl sites for hydroxylation is 1. The number of fused-ring (bicyclic) bond motifs is 1. The minimum atomic E-state index is -0.263. The predicted octanol–water partition coefficient (Wildman–Crippen LogP) is 5.39. The molecule has 0 saturated heterocycles. The lowest BCUT2D eigenvalue weighted by Crippen LogP contribution is -2.14. The Bertz CT molecular complexity index is 1050. The van der Waals surface area contributed by atoms with Crippen LogP contribution in [0, 0.1) is 6.92 Å². The molecule has 0 radical (unpaired) electrons. The first kappa shape index (κ1) is 19.8. The van der Waals surface area contributed by atoms with Gasteiger partial charge in [-0.1, -0.05) is 18.2 Å². The maximum atomic E-state index is 12.9. The summed E-state index contributed by atoms with van der Waals surface area (Å²) >= 11 is 0. The van der Waals surface area contributed by atoms with Crippen LogP contribution in [0.25, 0.3) is 0 Å². The lowest BCUT2D eigenvalue weighted by Gasteiger charge is -2.13. The molecule has 0 unspecified atom stereocenters. The first-order valence-electron chi connectivity index (χ1n) is 10.2. The van der Waals surface area contributed by atoms with Crippen LogP contribution in [0.5, 0.6) is 5.75 Å². The molecule has 1 heterocycles. The Morgan fingerprint density at radius 1 is 1.07 bits per heavy atom. The number of hydrazone groups is 1. The summed E-state index contributed by atoms with van der Waals surface area (Å²) < 4.78 is 11.4. The van der Waals surface area contributed by atoms with Crippen molar-refractivity contribution >= 4 is 23.0 Å². The van der Waals surface area contributed by atoms with Gasteiger partial charge in [0, 0.05) is 23.2 Å². The molecule has 0 bridgehead atoms. The highest BCUT2D eigenvalue weighted by molar-refractivity contribution is 6.09. The lowest BCUT2D eigenvalue weighted by molar-refractivity contribution is 0.0994. The number of hydrogen-bond acceptors (Lipinski definition) is 5. The molecule has 6 heteroatoms. The van der Waals surface area contributed by atoms with Crippen molar-refractivity contribution < 1.29 is 13.9 Å². The molecule has 6 nitrogen and oxygen atoms in total. The Morgan fingerprint density at radius 3 is 2.57 bits per heavy atom. The van der Waals surface area contributed by atoms with Gasteiger partial charge in [0.25, 0.3) is 5.91 Å². The second-order valence-electron chi connectivity index (χ2n) is 7.16. The van der Waals surface area contributed by atoms with Crippen molar-refractivity contribution in [2.45, 2.75) is 33.1 Å². The van der Waals surface area contributed by atoms with Gasteiger partial charge in [0.05, 0.1) is 18.0 Å². The number of rotatable bonds is 6. The van der Waals surface area contributed by atoms with E-state index in [1.807, 2.05) is 68.4 Å². The fourth-order valence-corrected chi connectivity index (χ4v) is 3.63. The van der Waals surface area contributed by atoms with E-state index in [9.17, 15) is 4.79 Å². The number of amides is 1. The number of carbonyl (C=O) groups is 1. The summed E-state index contributed by atoms with van der Waals surface area (Å²) in [6.07, 6.45) is 2.58. The standard InChI is InChI=1S/C24H25N3O3/c1-3-29-19-14-12-17(13-15-19)25-24(28)23-16(2)22-20(10-7-11-21(22)30-23)27-26-18-8-5-4-6-9-18/h4-6,8-9,12-15,26H,3,7,10-11H2,1-2H3,(H,25,28)/b27-20+. The maximum absolute atomic E-state index is 12.9. The van der Waals surface area contributed by atoms with Crippen LogP contribution >= 0.6 is 0 Å². The number of nitrogens with one attached hydrogen (secondary N) is 2. The van der Waals surface area contributed by atoms with Crippen molar-refractivity contribution in [3.05, 3.63) is 77.2 Å². The maximum Gasteiger partial charge on any atom is 0.291 e. The number of para-hydroxylation sites is 1. The number of carbonyl (C=O) groups excluding carboxylic acids is 1. The third-order valence-electron chi connectivity index (χ3n) is 5.05. The zero-order valence-electron chi connectivity index (χ0n) is 17.2. The van der Waals surface area contributed by atoms with Crippen LogP contribution < -0.4 is 15.5 Å². The van der Waals surface area contributed by atoms with E-state index in [1.54, 1.807) is 0 Å². The number of anilines is 2. The van der Waals surface area contributed by atoms with Gasteiger partial charge in [0.1, 0.15) is 11.5 Å². The molecular formula is C24H25N3O3. The largest absolute Gasteiger partial charge is 0.494 e. The number of ether oxygens (including phenoxy) is 1. The predicted molar refractivity (Wildman–Crippen MR) is 119 cm³/mol. The van der Waals surface area contributed by atoms with Crippen LogP contribution in [0.1, 0.15) is 47.2 Å². The Labute approximate surface area is 175 Å². The minimum Gasteiger partial charge on any atom is -0.494 e. The van der Waals surface area contributed by atoms with E-state index in [-0.39, 0.29) is 5.91 Å². The molecule has 1 amide bonds. The van der Waals surface area contributed by atoms with E-state index >= 15 is 0 Å². The molecule has 0 fully saturated rings. The van der Waals surface area contributed by atoms with E-state index in [1.165, 1.54) is 0 Å². The fraction of sp³-hybridized carbons (Fsp3) is 0.250. The average Bonchev–Trinajstić information content (AvgIpc) is 3.12. The smallest absolute Gasteiger partial charge is 0.291 e. The Kier molecular flexibility index (Phi) is 5.84. The van der Waals surface area contributed by atoms with Gasteiger partial charge < -0.3 is 14.5 Å². The lowest BCUT2D eigenvalue weighted by atomic mass is 9.93. The number of hydrogen-bond donors (Lipinski definition) is 2. The highest BCUT2D eigenvalue weighted by Gasteiger charge is 2.28. The van der Waals surface area contributed by atoms with E-state index in [4.69, 9.17) is 9.15 Å². The van der Waals surface area contributed by atoms with E-state index < -0.39 is 0 Å². The monoisotopic (exact) mass is 403 g/mol. The van der Waals surface area contributed by atoms with Gasteiger partial charge in [0.2, 0.25) is 0 Å². The zero-order valence-corrected chi connectivity index (χ0v) is 17.2. The molecule has 0 saturated carbocycles. The number of nitrogens with zero attached hydrogens (tertiary/aromatic N) is 1. The van der Waals surface area contributed by atoms with Gasteiger partial charge in [-0.3, -0.25) is 10.2 Å². The molecule has 0 spiro atoms. The molecule has 154 valence electrons. The Morgan fingerprint density at radius 2 is 1.83 bits per heavy atom. The van der Waals surface area contributed by atoms with E-state index in [2.05, 4.69) is 15.8 Å². The zero-order chi connectivity index (χ0) is 20.9. The van der Waals surface area contributed by atoms with Crippen LogP contribution in [-0.4, -0.2) is 18.2 Å². The summed E-state index contributed by atoms with van der Waals surface area (Å²) in [7, 11) is 0. The fourth-order valence-electron chi connectivity index (χ4n) is 3.63. The van der Waals surface area contributed by atoms with Crippen molar-refractivity contribution in [2.75, 3.05) is 17.3 Å². The van der Waals surface area contributed by atoms with Crippen molar-refractivity contribution in [3.8, 4) is 5.75 Å². The van der Waals surface area contributed by atoms with Crippen LogP contribution in [-0.2, 0) is 6.42 Å². The van der Waals surface area contributed by atoms with Gasteiger partial charge in [-0.05, 0) is 63.1 Å². The second-order valence-corrected chi connectivity index (χ2v) is 7.16. The summed E-state index contributed by atoms with van der Waals surface area (Å²) in [6, 6.07) is 17.1. The van der Waals surface area contributed by atoms with Crippen LogP contribution in [0.4, 0.5) is 11.4 Å². The molecule has 1 aromatic heterocycles. The van der Waals surface area contributed by atoms with Gasteiger partial charge in [0.15, 0.2) is 5.76 Å². The average molecular weight is 403 g/mol. The summed E-state index contributed by atoms with van der Waals surface area (Å²) in [5.74, 6) is 1.67. The molecule has 30 heavy (non-hydrogen) atoms. The van der Waals surface area contributed by atoms with Gasteiger partial charge in [-0.2, -0.15) is 5.10 Å². The highest BCUT2D eigenvalue weighted by Crippen LogP contribution is 2.30. The summed E-state index contributed by atoms with van der Waals surface area (Å²) in [5, 5.41) is 7.51. The van der Waals surface area contributed by atoms with Crippen LogP contribution in [0.15, 0.2) is 64.1 Å². The normalized spacial score (nSPS) is 14.3. The van der Waals surface area contributed by atoms with Gasteiger partial charge in [-0.25, -0.2) is 0 Å². The van der Waals surface area contributed by atoms with Gasteiger partial charge in [-0.15, -0.1) is 0 Å². The molecule has 4 rings (SSSR count). The summed E-state index contributed by atoms with van der Waals surface area (Å²) in [4.78, 5) is 12.9. The SMILES string of the molecule is CCOc1ccc(NC(=O)c2oc3c(c2C)/C(=N/Nc2ccccc2)CCC3)cc1. The summed E-state index contributed by atoms with van der Waals surface area (Å²) in [6.45, 7) is 4.45. The third kappa shape index (κ3) is 4.22. The highest BCUT2D eigenvalue weighted by atomic mass is 16.5. The van der Waals surface area contributed by atoms with Crippen molar-refractivity contribution in [2.24, 2.45) is 5.10 Å². The molecule has 2 aromatic carbocycles. The Hall–Kier alpha value is -3.54. The van der Waals surface area contributed by atoms with Crippen LogP contribution in [0.2, 0.25) is 0 Å². The molecular weight excluding hydrogens is 378 g/mol. The van der Waals surface area contributed by atoms with E-state index in [0.717, 1.165) is 53.3 Å². The molecule has 2 N–H and O–H groups in total. The van der Waals surface area contributed by atoms with Crippen LogP contribution in [0.3, 0.4) is 0 Å². The first-order chi connectivity index (χ1) is 14.7. The molecule has 1 aliphatic carbocycles. The molecule has 0 aliphatic heterocycles. The van der Waals surface area contributed by atoms with Crippen molar-refractivity contribution in [1.29, 1.82) is 0 Å². The first-order valence-corrected chi connectivity index (χ1v) is 10.2. The molecule has 0 atom stereocenters. The number of furan rings is 1. The number of benzene rings is 2. The molecule has 1 aliphatic rings. The van der Waals surface area contributed by atoms with Gasteiger partial charge >= 0.3 is 0 Å². The van der Waals surface area contributed by atoms with Crippen molar-refractivity contribution in [1.82, 2.24) is 0 Å². The minimum absolute atomic E-state index is 0.263. The Balaban J connectivity index is 1.54. The second kappa shape index (κ2) is 8.86. The third-order valence-corrected chi connectivity index (χ3v) is 5.05.